The van der Waals surface area contributed by atoms with Gasteiger partial charge in [0.05, 0.1) is 23.4 Å². The van der Waals surface area contributed by atoms with Gasteiger partial charge >= 0.3 is 0 Å². The molecule has 0 amide bonds. The first-order chi connectivity index (χ1) is 7.20. The van der Waals surface area contributed by atoms with Crippen LogP contribution in [0.5, 0.6) is 0 Å². The number of nitrogens with two attached hydrogens (primary N) is 1. The lowest BCUT2D eigenvalue weighted by atomic mass is 10.2. The fourth-order valence-corrected chi connectivity index (χ4v) is 2.30. The summed E-state index contributed by atoms with van der Waals surface area (Å²) in [7, 11) is 0. The lowest BCUT2D eigenvalue weighted by Crippen LogP contribution is -2.30. The van der Waals surface area contributed by atoms with Gasteiger partial charge in [0.2, 0.25) is 0 Å². The third-order valence-corrected chi connectivity index (χ3v) is 3.42. The molecule has 2 rings (SSSR count). The maximum Gasteiger partial charge on any atom is 0.140 e. The fraction of sp³-hybridized carbons (Fsp3) is 0.400. The average Bonchev–Trinajstić information content (AvgIpc) is 2.13. The van der Waals surface area contributed by atoms with Crippen LogP contribution in [0, 0.1) is 11.6 Å². The first-order valence-corrected chi connectivity index (χ1v) is 5.51. The molecule has 1 aliphatic heterocycles. The second-order valence-corrected chi connectivity index (χ2v) is 4.68. The Morgan fingerprint density at radius 3 is 2.33 bits per heavy atom. The van der Waals surface area contributed by atoms with E-state index < -0.39 is 11.6 Å². The summed E-state index contributed by atoms with van der Waals surface area (Å²) < 4.78 is 31.9. The molecule has 0 atom stereocenters. The van der Waals surface area contributed by atoms with E-state index in [1.165, 1.54) is 23.9 Å². The van der Waals surface area contributed by atoms with Gasteiger partial charge in [0.1, 0.15) is 11.6 Å². The zero-order valence-electron chi connectivity index (χ0n) is 8.00. The highest BCUT2D eigenvalue weighted by molar-refractivity contribution is 8.00. The maximum atomic E-state index is 13.5. The van der Waals surface area contributed by atoms with E-state index >= 15 is 0 Å². The standard InChI is InChI=1S/C10H11F2NOS/c11-8-1-6(3-13)2-9(12)10(8)15-7-4-14-5-7/h1-2,7H,3-5,13H2. The molecule has 0 unspecified atom stereocenters. The Hall–Kier alpha value is -0.650. The van der Waals surface area contributed by atoms with Crippen LogP contribution >= 0.6 is 11.8 Å². The number of ether oxygens (including phenoxy) is 1. The number of halogens is 2. The molecule has 82 valence electrons. The summed E-state index contributed by atoms with van der Waals surface area (Å²) in [6.07, 6.45) is 0. The van der Waals surface area contributed by atoms with Crippen molar-refractivity contribution in [1.82, 2.24) is 0 Å². The highest BCUT2D eigenvalue weighted by atomic mass is 32.2. The summed E-state index contributed by atoms with van der Waals surface area (Å²) >= 11 is 1.19. The van der Waals surface area contributed by atoms with E-state index in [-0.39, 0.29) is 16.7 Å². The smallest absolute Gasteiger partial charge is 0.140 e. The van der Waals surface area contributed by atoms with Crippen molar-refractivity contribution in [2.45, 2.75) is 16.7 Å². The van der Waals surface area contributed by atoms with Gasteiger partial charge in [0, 0.05) is 6.54 Å². The zero-order chi connectivity index (χ0) is 10.8. The van der Waals surface area contributed by atoms with Crippen LogP contribution in [0.25, 0.3) is 0 Å². The molecule has 0 spiro atoms. The largest absolute Gasteiger partial charge is 0.379 e. The molecule has 5 heteroatoms. The lowest BCUT2D eigenvalue weighted by Gasteiger charge is -2.25. The highest BCUT2D eigenvalue weighted by Gasteiger charge is 2.23. The first-order valence-electron chi connectivity index (χ1n) is 4.63. The third-order valence-electron chi connectivity index (χ3n) is 2.19. The summed E-state index contributed by atoms with van der Waals surface area (Å²) in [5, 5.41) is 0.165. The average molecular weight is 231 g/mol. The summed E-state index contributed by atoms with van der Waals surface area (Å²) in [5.74, 6) is -1.07. The van der Waals surface area contributed by atoms with Crippen molar-refractivity contribution in [3.05, 3.63) is 29.3 Å². The van der Waals surface area contributed by atoms with E-state index in [0.29, 0.717) is 18.8 Å². The van der Waals surface area contributed by atoms with Gasteiger partial charge in [-0.1, -0.05) is 0 Å². The zero-order valence-corrected chi connectivity index (χ0v) is 8.82. The number of hydrogen-bond donors (Lipinski definition) is 1. The van der Waals surface area contributed by atoms with Gasteiger partial charge in [-0.15, -0.1) is 11.8 Å². The van der Waals surface area contributed by atoms with Crippen molar-refractivity contribution in [3.63, 3.8) is 0 Å². The SMILES string of the molecule is NCc1cc(F)c(SC2COC2)c(F)c1. The Labute approximate surface area is 90.8 Å². The van der Waals surface area contributed by atoms with Gasteiger partial charge in [-0.05, 0) is 17.7 Å². The quantitative estimate of drug-likeness (QED) is 0.863. The van der Waals surface area contributed by atoms with E-state index in [9.17, 15) is 8.78 Å². The predicted molar refractivity (Wildman–Crippen MR) is 54.7 cm³/mol. The van der Waals surface area contributed by atoms with E-state index in [2.05, 4.69) is 0 Å². The van der Waals surface area contributed by atoms with Crippen molar-refractivity contribution in [2.75, 3.05) is 13.2 Å². The Bertz CT molecular complexity index is 345. The Morgan fingerprint density at radius 1 is 1.33 bits per heavy atom. The van der Waals surface area contributed by atoms with Gasteiger partial charge in [-0.3, -0.25) is 0 Å². The fourth-order valence-electron chi connectivity index (χ4n) is 1.29. The van der Waals surface area contributed by atoms with Crippen LogP contribution in [0.3, 0.4) is 0 Å². The molecule has 1 saturated heterocycles. The number of thioether (sulfide) groups is 1. The van der Waals surface area contributed by atoms with E-state index in [4.69, 9.17) is 10.5 Å². The van der Waals surface area contributed by atoms with Crippen LogP contribution < -0.4 is 5.73 Å². The minimum absolute atomic E-state index is 0.0699. The molecule has 15 heavy (non-hydrogen) atoms. The van der Waals surface area contributed by atoms with Crippen LogP contribution in [-0.2, 0) is 11.3 Å². The van der Waals surface area contributed by atoms with Gasteiger partial charge in [0.25, 0.3) is 0 Å². The molecule has 2 nitrogen and oxygen atoms in total. The molecule has 1 aromatic rings. The molecular weight excluding hydrogens is 220 g/mol. The summed E-state index contributed by atoms with van der Waals surface area (Å²) in [6.45, 7) is 1.26. The minimum Gasteiger partial charge on any atom is -0.379 e. The predicted octanol–water partition coefficient (Wildman–Crippen LogP) is 1.91. The maximum absolute atomic E-state index is 13.5. The Balaban J connectivity index is 2.21. The van der Waals surface area contributed by atoms with Crippen molar-refractivity contribution in [3.8, 4) is 0 Å². The number of hydrogen-bond acceptors (Lipinski definition) is 3. The molecule has 0 radical (unpaired) electrons. The van der Waals surface area contributed by atoms with E-state index in [1.54, 1.807) is 0 Å². The minimum atomic E-state index is -0.535. The monoisotopic (exact) mass is 231 g/mol. The second-order valence-electron chi connectivity index (χ2n) is 3.37. The summed E-state index contributed by atoms with van der Waals surface area (Å²) in [4.78, 5) is 0.0699. The molecule has 1 heterocycles. The van der Waals surface area contributed by atoms with E-state index in [1.807, 2.05) is 0 Å². The molecule has 0 bridgehead atoms. The number of rotatable bonds is 3. The molecule has 0 saturated carbocycles. The third kappa shape index (κ3) is 2.30. The molecule has 1 aliphatic rings. The van der Waals surface area contributed by atoms with Crippen molar-refractivity contribution >= 4 is 11.8 Å². The van der Waals surface area contributed by atoms with E-state index in [0.717, 1.165) is 0 Å². The second kappa shape index (κ2) is 4.47. The first kappa shape index (κ1) is 10.9. The van der Waals surface area contributed by atoms with Crippen LogP contribution in [-0.4, -0.2) is 18.5 Å². The topological polar surface area (TPSA) is 35.2 Å². The van der Waals surface area contributed by atoms with Crippen LogP contribution in [0.15, 0.2) is 17.0 Å². The van der Waals surface area contributed by atoms with Crippen molar-refractivity contribution < 1.29 is 13.5 Å². The Kier molecular flexibility index (Phi) is 3.23. The summed E-state index contributed by atoms with van der Waals surface area (Å²) in [5.41, 5.74) is 5.79. The molecular formula is C10H11F2NOS. The van der Waals surface area contributed by atoms with Crippen LogP contribution in [0.2, 0.25) is 0 Å². The molecule has 2 N–H and O–H groups in total. The van der Waals surface area contributed by atoms with Gasteiger partial charge < -0.3 is 10.5 Å². The van der Waals surface area contributed by atoms with Crippen molar-refractivity contribution in [2.24, 2.45) is 5.73 Å². The molecule has 0 aliphatic carbocycles. The van der Waals surface area contributed by atoms with Gasteiger partial charge in [0.15, 0.2) is 0 Å². The molecule has 1 aromatic carbocycles. The van der Waals surface area contributed by atoms with Crippen LogP contribution in [0.4, 0.5) is 8.78 Å². The molecule has 0 aromatic heterocycles. The lowest BCUT2D eigenvalue weighted by molar-refractivity contribution is 0.0454. The van der Waals surface area contributed by atoms with Gasteiger partial charge in [-0.25, -0.2) is 8.78 Å². The summed E-state index contributed by atoms with van der Waals surface area (Å²) in [6, 6.07) is 2.57. The van der Waals surface area contributed by atoms with Crippen LogP contribution in [0.1, 0.15) is 5.56 Å². The van der Waals surface area contributed by atoms with Crippen molar-refractivity contribution in [1.29, 1.82) is 0 Å². The Morgan fingerprint density at radius 2 is 1.93 bits per heavy atom. The molecule has 1 fully saturated rings. The highest BCUT2D eigenvalue weighted by Crippen LogP contribution is 2.32. The van der Waals surface area contributed by atoms with Gasteiger partial charge in [-0.2, -0.15) is 0 Å². The number of benzene rings is 1. The normalized spacial score (nSPS) is 16.5.